The maximum absolute atomic E-state index is 12.0. The molecule has 25 heavy (non-hydrogen) atoms. The van der Waals surface area contributed by atoms with Gasteiger partial charge in [-0.15, -0.1) is 10.2 Å². The normalized spacial score (nSPS) is 10.5. The lowest BCUT2D eigenvalue weighted by Gasteiger charge is -2.10. The van der Waals surface area contributed by atoms with Gasteiger partial charge in [-0.05, 0) is 24.1 Å². The molecule has 1 N–H and O–H groups in total. The van der Waals surface area contributed by atoms with E-state index in [9.17, 15) is 4.79 Å². The Labute approximate surface area is 160 Å². The number of methoxy groups -OCH3 is 2. The van der Waals surface area contributed by atoms with Gasteiger partial charge in [-0.2, -0.15) is 0 Å². The molecule has 1 aromatic carbocycles. The Balaban J connectivity index is 1.78. The molecule has 0 saturated heterocycles. The van der Waals surface area contributed by atoms with Crippen LogP contribution in [-0.2, 0) is 11.3 Å². The van der Waals surface area contributed by atoms with Gasteiger partial charge in [-0.3, -0.25) is 4.79 Å². The molecule has 6 nitrogen and oxygen atoms in total. The summed E-state index contributed by atoms with van der Waals surface area (Å²) in [4.78, 5) is 12.0. The van der Waals surface area contributed by atoms with Crippen molar-refractivity contribution >= 4 is 40.8 Å². The highest BCUT2D eigenvalue weighted by Gasteiger charge is 2.09. The van der Waals surface area contributed by atoms with Crippen LogP contribution in [0.2, 0.25) is 0 Å². The predicted molar refractivity (Wildman–Crippen MR) is 103 cm³/mol. The second-order valence-corrected chi connectivity index (χ2v) is 8.48. The molecular formula is C16H21N3O3S3. The lowest BCUT2D eigenvalue weighted by atomic mass is 10.2. The Morgan fingerprint density at radius 2 is 1.88 bits per heavy atom. The van der Waals surface area contributed by atoms with Crippen molar-refractivity contribution < 1.29 is 14.3 Å². The Kier molecular flexibility index (Phi) is 8.36. The second kappa shape index (κ2) is 10.5. The quantitative estimate of drug-likeness (QED) is 0.613. The van der Waals surface area contributed by atoms with Crippen LogP contribution in [0.15, 0.2) is 26.9 Å². The molecule has 9 heteroatoms. The molecule has 0 unspecified atom stereocenters. The third-order valence-electron chi connectivity index (χ3n) is 3.08. The minimum Gasteiger partial charge on any atom is -0.493 e. The zero-order chi connectivity index (χ0) is 18.1. The van der Waals surface area contributed by atoms with Crippen LogP contribution in [0.3, 0.4) is 0 Å². The van der Waals surface area contributed by atoms with Crippen LogP contribution in [0, 0.1) is 0 Å². The van der Waals surface area contributed by atoms with Gasteiger partial charge in [0.2, 0.25) is 5.91 Å². The van der Waals surface area contributed by atoms with Gasteiger partial charge in [0.05, 0.1) is 20.0 Å². The summed E-state index contributed by atoms with van der Waals surface area (Å²) in [5.74, 6) is 2.62. The van der Waals surface area contributed by atoms with Crippen LogP contribution in [0.4, 0.5) is 0 Å². The van der Waals surface area contributed by atoms with E-state index in [4.69, 9.17) is 9.47 Å². The lowest BCUT2D eigenvalue weighted by Crippen LogP contribution is -2.24. The number of hydrogen-bond acceptors (Lipinski definition) is 8. The van der Waals surface area contributed by atoms with Crippen molar-refractivity contribution in [1.29, 1.82) is 0 Å². The monoisotopic (exact) mass is 399 g/mol. The summed E-state index contributed by atoms with van der Waals surface area (Å²) in [6, 6.07) is 5.58. The summed E-state index contributed by atoms with van der Waals surface area (Å²) < 4.78 is 12.2. The smallest absolute Gasteiger partial charge is 0.230 e. The van der Waals surface area contributed by atoms with Gasteiger partial charge in [0, 0.05) is 12.3 Å². The minimum absolute atomic E-state index is 0.0438. The largest absolute Gasteiger partial charge is 0.493 e. The summed E-state index contributed by atoms with van der Waals surface area (Å²) in [5, 5.41) is 11.1. The maximum Gasteiger partial charge on any atom is 0.230 e. The molecule has 0 bridgehead atoms. The van der Waals surface area contributed by atoms with E-state index in [0.29, 0.717) is 23.8 Å². The van der Waals surface area contributed by atoms with Crippen molar-refractivity contribution in [3.63, 3.8) is 0 Å². The molecule has 0 spiro atoms. The van der Waals surface area contributed by atoms with Crippen LogP contribution >= 0.6 is 34.9 Å². The van der Waals surface area contributed by atoms with Crippen LogP contribution in [0.1, 0.15) is 18.9 Å². The number of amides is 1. The first-order valence-electron chi connectivity index (χ1n) is 7.73. The SMILES string of the molecule is CCCSc1nnc(SCC(=O)NCc2ccc(OC)c(OC)c2)s1. The summed E-state index contributed by atoms with van der Waals surface area (Å²) in [6.07, 6.45) is 1.10. The summed E-state index contributed by atoms with van der Waals surface area (Å²) in [6.45, 7) is 2.57. The fourth-order valence-corrected chi connectivity index (χ4v) is 4.65. The number of aromatic nitrogens is 2. The van der Waals surface area contributed by atoms with E-state index in [1.54, 1.807) is 26.0 Å². The fraction of sp³-hybridized carbons (Fsp3) is 0.438. The van der Waals surface area contributed by atoms with Gasteiger partial charge in [-0.1, -0.05) is 47.9 Å². The Morgan fingerprint density at radius 1 is 1.16 bits per heavy atom. The number of nitrogens with zero attached hydrogens (tertiary/aromatic N) is 2. The molecule has 136 valence electrons. The molecular weight excluding hydrogens is 378 g/mol. The second-order valence-electron chi connectivity index (χ2n) is 4.94. The van der Waals surface area contributed by atoms with Crippen LogP contribution in [0.5, 0.6) is 11.5 Å². The van der Waals surface area contributed by atoms with Gasteiger partial charge in [0.1, 0.15) is 0 Å². The van der Waals surface area contributed by atoms with E-state index in [0.717, 1.165) is 26.4 Å². The van der Waals surface area contributed by atoms with Gasteiger partial charge >= 0.3 is 0 Å². The highest BCUT2D eigenvalue weighted by molar-refractivity contribution is 8.03. The van der Waals surface area contributed by atoms with Crippen molar-refractivity contribution in [2.45, 2.75) is 28.6 Å². The predicted octanol–water partition coefficient (Wildman–Crippen LogP) is 3.47. The highest BCUT2D eigenvalue weighted by Crippen LogP contribution is 2.29. The Morgan fingerprint density at radius 3 is 2.56 bits per heavy atom. The molecule has 0 saturated carbocycles. The molecule has 1 heterocycles. The van der Waals surface area contributed by atoms with Crippen molar-refractivity contribution in [2.75, 3.05) is 25.7 Å². The van der Waals surface area contributed by atoms with Crippen LogP contribution in [-0.4, -0.2) is 41.8 Å². The topological polar surface area (TPSA) is 73.3 Å². The number of hydrogen-bond donors (Lipinski definition) is 1. The van der Waals surface area contributed by atoms with E-state index in [1.807, 2.05) is 18.2 Å². The number of carbonyl (C=O) groups excluding carboxylic acids is 1. The summed E-state index contributed by atoms with van der Waals surface area (Å²) in [7, 11) is 3.18. The number of ether oxygens (including phenoxy) is 2. The number of thioether (sulfide) groups is 2. The number of benzene rings is 1. The first-order valence-corrected chi connectivity index (χ1v) is 10.5. The molecule has 0 radical (unpaired) electrons. The molecule has 1 amide bonds. The fourth-order valence-electron chi connectivity index (χ4n) is 1.87. The first kappa shape index (κ1) is 19.9. The number of carbonyl (C=O) groups is 1. The Bertz CT molecular complexity index is 694. The Hall–Kier alpha value is -1.45. The third-order valence-corrected chi connectivity index (χ3v) is 6.48. The first-order chi connectivity index (χ1) is 12.2. The molecule has 0 aliphatic carbocycles. The average molecular weight is 400 g/mol. The molecule has 2 rings (SSSR count). The average Bonchev–Trinajstić information content (AvgIpc) is 3.10. The summed E-state index contributed by atoms with van der Waals surface area (Å²) in [5.41, 5.74) is 0.949. The van der Waals surface area contributed by atoms with Crippen molar-refractivity contribution in [3.05, 3.63) is 23.8 Å². The maximum atomic E-state index is 12.0. The van der Waals surface area contributed by atoms with E-state index < -0.39 is 0 Å². The number of nitrogens with one attached hydrogen (secondary N) is 1. The molecule has 0 aliphatic rings. The number of rotatable bonds is 10. The molecule has 0 atom stereocenters. The van der Waals surface area contributed by atoms with Crippen molar-refractivity contribution in [1.82, 2.24) is 15.5 Å². The zero-order valence-electron chi connectivity index (χ0n) is 14.4. The van der Waals surface area contributed by atoms with Crippen molar-refractivity contribution in [3.8, 4) is 11.5 Å². The van der Waals surface area contributed by atoms with Crippen LogP contribution in [0.25, 0.3) is 0 Å². The third kappa shape index (κ3) is 6.41. The van der Waals surface area contributed by atoms with E-state index >= 15 is 0 Å². The van der Waals surface area contributed by atoms with Gasteiger partial charge in [0.15, 0.2) is 20.2 Å². The highest BCUT2D eigenvalue weighted by atomic mass is 32.2. The molecule has 0 fully saturated rings. The van der Waals surface area contributed by atoms with Crippen LogP contribution < -0.4 is 14.8 Å². The molecule has 0 aliphatic heterocycles. The van der Waals surface area contributed by atoms with E-state index in [2.05, 4.69) is 22.4 Å². The van der Waals surface area contributed by atoms with Crippen molar-refractivity contribution in [2.24, 2.45) is 0 Å². The zero-order valence-corrected chi connectivity index (χ0v) is 16.9. The van der Waals surface area contributed by atoms with Gasteiger partial charge in [-0.25, -0.2) is 0 Å². The molecule has 1 aromatic heterocycles. The lowest BCUT2D eigenvalue weighted by molar-refractivity contribution is -0.118. The standard InChI is InChI=1S/C16H21N3O3S3/c1-4-7-23-15-18-19-16(25-15)24-10-14(20)17-9-11-5-6-12(21-2)13(8-11)22-3/h5-6,8H,4,7,9-10H2,1-3H3,(H,17,20). The van der Waals surface area contributed by atoms with E-state index in [1.165, 1.54) is 23.1 Å². The molecule has 2 aromatic rings. The van der Waals surface area contributed by atoms with Gasteiger partial charge in [0.25, 0.3) is 0 Å². The van der Waals surface area contributed by atoms with E-state index in [-0.39, 0.29) is 5.91 Å². The minimum atomic E-state index is -0.0438. The summed E-state index contributed by atoms with van der Waals surface area (Å²) >= 11 is 4.64. The van der Waals surface area contributed by atoms with Gasteiger partial charge < -0.3 is 14.8 Å².